The van der Waals surface area contributed by atoms with Gasteiger partial charge in [-0.3, -0.25) is 4.90 Å². The number of esters is 1. The Balaban J connectivity index is 1.64. The maximum absolute atomic E-state index is 13.0. The highest BCUT2D eigenvalue weighted by Crippen LogP contribution is 2.32. The van der Waals surface area contributed by atoms with Crippen LogP contribution in [0.15, 0.2) is 72.9 Å². The largest absolute Gasteiger partial charge is 0.467 e. The second kappa shape index (κ2) is 9.66. The van der Waals surface area contributed by atoms with Crippen molar-refractivity contribution in [3.8, 4) is 5.75 Å². The van der Waals surface area contributed by atoms with Crippen LogP contribution in [0.5, 0.6) is 5.75 Å². The van der Waals surface area contributed by atoms with Gasteiger partial charge in [0, 0.05) is 16.8 Å². The van der Waals surface area contributed by atoms with E-state index in [1.54, 1.807) is 55.6 Å². The fraction of sp³-hybridized carbons (Fsp3) is 0.174. The molecule has 0 saturated heterocycles. The van der Waals surface area contributed by atoms with Gasteiger partial charge < -0.3 is 9.47 Å². The summed E-state index contributed by atoms with van der Waals surface area (Å²) in [5, 5.41) is 12.9. The Bertz CT molecular complexity index is 1210. The summed E-state index contributed by atoms with van der Waals surface area (Å²) in [5.74, 6) is 0.250. The summed E-state index contributed by atoms with van der Waals surface area (Å²) in [4.78, 5) is 27.4. The molecule has 1 aliphatic rings. The smallest absolute Gasteiger partial charge is 0.420 e. The van der Waals surface area contributed by atoms with Crippen LogP contribution in [0, 0.1) is 0 Å². The van der Waals surface area contributed by atoms with E-state index in [0.29, 0.717) is 22.2 Å². The molecule has 0 radical (unpaired) electrons. The first kappa shape index (κ1) is 22.2. The first-order valence-electron chi connectivity index (χ1n) is 10.0. The van der Waals surface area contributed by atoms with Crippen LogP contribution in [0.2, 0.25) is 5.02 Å². The Labute approximate surface area is 194 Å². The van der Waals surface area contributed by atoms with Crippen molar-refractivity contribution in [1.82, 2.24) is 25.1 Å². The zero-order valence-electron chi connectivity index (χ0n) is 17.8. The minimum Gasteiger partial charge on any atom is -0.467 e. The van der Waals surface area contributed by atoms with Crippen LogP contribution in [0.4, 0.5) is 4.79 Å². The zero-order valence-corrected chi connectivity index (χ0v) is 18.6. The van der Waals surface area contributed by atoms with Gasteiger partial charge in [0.15, 0.2) is 6.04 Å². The number of hydrogen-bond donors (Lipinski definition) is 0. The lowest BCUT2D eigenvalue weighted by molar-refractivity contribution is -0.144. The van der Waals surface area contributed by atoms with Gasteiger partial charge in [-0.25, -0.2) is 9.59 Å². The first-order chi connectivity index (χ1) is 16.0. The molecular formula is C23H20ClN5O4. The quantitative estimate of drug-likeness (QED) is 0.520. The zero-order chi connectivity index (χ0) is 23.4. The minimum absolute atomic E-state index is 0.303. The number of para-hydroxylation sites is 1. The van der Waals surface area contributed by atoms with Crippen molar-refractivity contribution in [2.24, 2.45) is 0 Å². The number of benzene rings is 2. The molecule has 4 rings (SSSR count). The summed E-state index contributed by atoms with van der Waals surface area (Å²) in [6.45, 7) is 1.61. The number of amides is 1. The lowest BCUT2D eigenvalue weighted by Gasteiger charge is -2.29. The summed E-state index contributed by atoms with van der Waals surface area (Å²) in [6, 6.07) is 14.7. The second-order valence-electron chi connectivity index (χ2n) is 7.15. The average Bonchev–Trinajstić information content (AvgIpc) is 3.34. The van der Waals surface area contributed by atoms with Gasteiger partial charge >= 0.3 is 12.1 Å². The SMILES string of the molecule is COC(=O)C(C)n1nnc(C2=CC(c3ccc(Cl)cc3)N(C(=O)Oc3ccccc3)C=C2)n1. The Morgan fingerprint density at radius 2 is 1.82 bits per heavy atom. The standard InChI is InChI=1S/C23H20ClN5O4/c1-15(22(30)32-2)29-26-21(25-27-29)17-12-13-28(23(31)33-19-6-4-3-5-7-19)20(14-17)16-8-10-18(24)11-9-16/h3-15,20H,1-2H3. The third kappa shape index (κ3) is 4.93. The minimum atomic E-state index is -0.728. The molecule has 0 saturated carbocycles. The van der Waals surface area contributed by atoms with Crippen LogP contribution in [-0.4, -0.2) is 44.3 Å². The topological polar surface area (TPSA) is 99.4 Å². The molecule has 10 heteroatoms. The molecule has 3 aromatic rings. The second-order valence-corrected chi connectivity index (χ2v) is 7.59. The van der Waals surface area contributed by atoms with Crippen LogP contribution in [0.1, 0.15) is 30.4 Å². The molecule has 0 bridgehead atoms. The van der Waals surface area contributed by atoms with Gasteiger partial charge in [-0.15, -0.1) is 15.0 Å². The van der Waals surface area contributed by atoms with Gasteiger partial charge in [0.1, 0.15) is 5.75 Å². The van der Waals surface area contributed by atoms with Gasteiger partial charge in [0.2, 0.25) is 5.82 Å². The predicted octanol–water partition coefficient (Wildman–Crippen LogP) is 4.21. The van der Waals surface area contributed by atoms with Crippen molar-refractivity contribution in [2.75, 3.05) is 7.11 Å². The highest BCUT2D eigenvalue weighted by Gasteiger charge is 2.28. The number of rotatable bonds is 5. The molecule has 0 N–H and O–H groups in total. The number of nitrogens with zero attached hydrogens (tertiary/aromatic N) is 5. The summed E-state index contributed by atoms with van der Waals surface area (Å²) in [7, 11) is 1.29. The van der Waals surface area contributed by atoms with Crippen molar-refractivity contribution in [1.29, 1.82) is 0 Å². The molecule has 0 spiro atoms. The number of carbonyl (C=O) groups excluding carboxylic acids is 2. The van der Waals surface area contributed by atoms with E-state index >= 15 is 0 Å². The fourth-order valence-electron chi connectivity index (χ4n) is 3.21. The van der Waals surface area contributed by atoms with E-state index in [1.165, 1.54) is 16.8 Å². The predicted molar refractivity (Wildman–Crippen MR) is 120 cm³/mol. The molecule has 2 heterocycles. The molecular weight excluding hydrogens is 446 g/mol. The van der Waals surface area contributed by atoms with E-state index in [4.69, 9.17) is 21.1 Å². The van der Waals surface area contributed by atoms with Crippen LogP contribution in [-0.2, 0) is 9.53 Å². The van der Waals surface area contributed by atoms with Crippen LogP contribution in [0.25, 0.3) is 5.57 Å². The first-order valence-corrected chi connectivity index (χ1v) is 10.4. The van der Waals surface area contributed by atoms with Gasteiger partial charge in [0.25, 0.3) is 0 Å². The Hall–Kier alpha value is -3.98. The normalized spacial score (nSPS) is 16.2. The van der Waals surface area contributed by atoms with Crippen molar-refractivity contribution in [3.63, 3.8) is 0 Å². The van der Waals surface area contributed by atoms with Gasteiger partial charge in [-0.1, -0.05) is 41.9 Å². The number of ether oxygens (including phenoxy) is 2. The van der Waals surface area contributed by atoms with Gasteiger partial charge in [-0.2, -0.15) is 0 Å². The lowest BCUT2D eigenvalue weighted by Crippen LogP contribution is -2.33. The maximum Gasteiger partial charge on any atom is 0.420 e. The summed E-state index contributed by atoms with van der Waals surface area (Å²) in [5.41, 5.74) is 1.43. The Kier molecular flexibility index (Phi) is 6.50. The molecule has 1 aromatic heterocycles. The number of tetrazole rings is 1. The highest BCUT2D eigenvalue weighted by molar-refractivity contribution is 6.30. The van der Waals surface area contributed by atoms with E-state index in [9.17, 15) is 9.59 Å². The number of allylic oxidation sites excluding steroid dienone is 2. The van der Waals surface area contributed by atoms with Crippen molar-refractivity contribution >= 4 is 29.2 Å². The number of methoxy groups -OCH3 is 1. The van der Waals surface area contributed by atoms with Gasteiger partial charge in [0.05, 0.1) is 13.2 Å². The van der Waals surface area contributed by atoms with E-state index < -0.39 is 24.1 Å². The number of aromatic nitrogens is 4. The summed E-state index contributed by atoms with van der Waals surface area (Å²) in [6.07, 6.45) is 4.55. The molecule has 168 valence electrons. The van der Waals surface area contributed by atoms with Crippen molar-refractivity contribution < 1.29 is 19.1 Å². The van der Waals surface area contributed by atoms with E-state index in [2.05, 4.69) is 15.4 Å². The molecule has 0 fully saturated rings. The monoisotopic (exact) mass is 465 g/mol. The molecule has 2 aromatic carbocycles. The third-order valence-corrected chi connectivity index (χ3v) is 5.25. The van der Waals surface area contributed by atoms with E-state index in [0.717, 1.165) is 5.56 Å². The van der Waals surface area contributed by atoms with E-state index in [-0.39, 0.29) is 0 Å². The maximum atomic E-state index is 13.0. The number of carbonyl (C=O) groups is 2. The molecule has 33 heavy (non-hydrogen) atoms. The molecule has 1 aliphatic heterocycles. The van der Waals surface area contributed by atoms with Gasteiger partial charge in [-0.05, 0) is 54.1 Å². The molecule has 2 atom stereocenters. The Morgan fingerprint density at radius 3 is 2.52 bits per heavy atom. The van der Waals surface area contributed by atoms with Crippen LogP contribution in [0.3, 0.4) is 0 Å². The number of hydrogen-bond acceptors (Lipinski definition) is 7. The summed E-state index contributed by atoms with van der Waals surface area (Å²) < 4.78 is 10.3. The molecule has 2 unspecified atom stereocenters. The molecule has 1 amide bonds. The third-order valence-electron chi connectivity index (χ3n) is 5.00. The van der Waals surface area contributed by atoms with Crippen molar-refractivity contribution in [3.05, 3.63) is 89.4 Å². The van der Waals surface area contributed by atoms with Crippen LogP contribution < -0.4 is 4.74 Å². The summed E-state index contributed by atoms with van der Waals surface area (Å²) >= 11 is 6.05. The average molecular weight is 466 g/mol. The highest BCUT2D eigenvalue weighted by atomic mass is 35.5. The lowest BCUT2D eigenvalue weighted by atomic mass is 9.99. The van der Waals surface area contributed by atoms with E-state index in [1.807, 2.05) is 24.3 Å². The molecule has 0 aliphatic carbocycles. The van der Waals surface area contributed by atoms with Crippen LogP contribution >= 0.6 is 11.6 Å². The fourth-order valence-corrected chi connectivity index (χ4v) is 3.34. The number of halogens is 1. The Morgan fingerprint density at radius 1 is 1.09 bits per heavy atom. The van der Waals surface area contributed by atoms with Crippen molar-refractivity contribution in [2.45, 2.75) is 19.0 Å². The molecule has 9 nitrogen and oxygen atoms in total.